The molecular weight excluding hydrogens is 216 g/mol. The second kappa shape index (κ2) is 4.12. The standard InChI is InChI=1S/C9H11ClN4O/c10-7-2-8(13-5-12-7)14-4-6(3-11)1-9(14)15/h2,5-6H,1,3-4,11H2. The Morgan fingerprint density at radius 1 is 1.60 bits per heavy atom. The van der Waals surface area contributed by atoms with Crippen LogP contribution < -0.4 is 10.6 Å². The number of anilines is 1. The molecule has 1 fully saturated rings. The average Bonchev–Trinajstić information content (AvgIpc) is 2.60. The van der Waals surface area contributed by atoms with Gasteiger partial charge < -0.3 is 5.73 Å². The lowest BCUT2D eigenvalue weighted by Gasteiger charge is -2.14. The predicted molar refractivity (Wildman–Crippen MR) is 56.6 cm³/mol. The monoisotopic (exact) mass is 226 g/mol. The topological polar surface area (TPSA) is 72.1 Å². The molecule has 2 heterocycles. The van der Waals surface area contributed by atoms with E-state index < -0.39 is 0 Å². The summed E-state index contributed by atoms with van der Waals surface area (Å²) in [6.07, 6.45) is 1.83. The molecule has 5 nitrogen and oxygen atoms in total. The van der Waals surface area contributed by atoms with E-state index in [1.165, 1.54) is 6.33 Å². The molecule has 1 aliphatic rings. The van der Waals surface area contributed by atoms with Crippen molar-refractivity contribution in [1.29, 1.82) is 0 Å². The van der Waals surface area contributed by atoms with Gasteiger partial charge in [0.25, 0.3) is 0 Å². The molecule has 0 spiro atoms. The van der Waals surface area contributed by atoms with Gasteiger partial charge in [-0.15, -0.1) is 0 Å². The third-order valence-corrected chi connectivity index (χ3v) is 2.64. The summed E-state index contributed by atoms with van der Waals surface area (Å²) in [6, 6.07) is 1.58. The fourth-order valence-electron chi connectivity index (χ4n) is 1.63. The van der Waals surface area contributed by atoms with Crippen LogP contribution in [0.15, 0.2) is 12.4 Å². The number of rotatable bonds is 2. The summed E-state index contributed by atoms with van der Waals surface area (Å²) < 4.78 is 0. The number of hydrogen-bond donors (Lipinski definition) is 1. The van der Waals surface area contributed by atoms with E-state index in [1.54, 1.807) is 11.0 Å². The van der Waals surface area contributed by atoms with Crippen molar-refractivity contribution in [2.75, 3.05) is 18.0 Å². The van der Waals surface area contributed by atoms with Crippen molar-refractivity contribution in [2.24, 2.45) is 11.7 Å². The molecule has 1 saturated heterocycles. The quantitative estimate of drug-likeness (QED) is 0.743. The Hall–Kier alpha value is -1.20. The molecule has 2 N–H and O–H groups in total. The molecule has 0 radical (unpaired) electrons. The Morgan fingerprint density at radius 3 is 3.00 bits per heavy atom. The van der Waals surface area contributed by atoms with E-state index in [1.807, 2.05) is 0 Å². The van der Waals surface area contributed by atoms with Crippen molar-refractivity contribution in [1.82, 2.24) is 9.97 Å². The maximum Gasteiger partial charge on any atom is 0.228 e. The molecule has 2 rings (SSSR count). The van der Waals surface area contributed by atoms with Crippen LogP contribution in [0.4, 0.5) is 5.82 Å². The number of carbonyl (C=O) groups is 1. The zero-order chi connectivity index (χ0) is 10.8. The summed E-state index contributed by atoms with van der Waals surface area (Å²) in [5.74, 6) is 0.808. The van der Waals surface area contributed by atoms with Crippen LogP contribution in [-0.4, -0.2) is 29.0 Å². The molecule has 0 saturated carbocycles. The summed E-state index contributed by atoms with van der Waals surface area (Å²) in [6.45, 7) is 1.13. The molecule has 1 aliphatic heterocycles. The Labute approximate surface area is 92.3 Å². The molecule has 0 bridgehead atoms. The van der Waals surface area contributed by atoms with Gasteiger partial charge in [-0.3, -0.25) is 9.69 Å². The molecule has 0 aromatic carbocycles. The summed E-state index contributed by atoms with van der Waals surface area (Å²) in [5.41, 5.74) is 5.53. The molecular formula is C9H11ClN4O. The van der Waals surface area contributed by atoms with Crippen LogP contribution in [0.2, 0.25) is 5.15 Å². The Bertz CT molecular complexity index is 384. The number of aromatic nitrogens is 2. The second-order valence-corrected chi connectivity index (χ2v) is 3.90. The van der Waals surface area contributed by atoms with Crippen LogP contribution in [-0.2, 0) is 4.79 Å². The van der Waals surface area contributed by atoms with Crippen molar-refractivity contribution < 1.29 is 4.79 Å². The fraction of sp³-hybridized carbons (Fsp3) is 0.444. The van der Waals surface area contributed by atoms with Crippen LogP contribution in [0.5, 0.6) is 0 Å². The van der Waals surface area contributed by atoms with Gasteiger partial charge in [0.05, 0.1) is 0 Å². The Morgan fingerprint density at radius 2 is 2.40 bits per heavy atom. The minimum Gasteiger partial charge on any atom is -0.330 e. The van der Waals surface area contributed by atoms with Gasteiger partial charge >= 0.3 is 0 Å². The van der Waals surface area contributed by atoms with Crippen LogP contribution in [0, 0.1) is 5.92 Å². The number of carbonyl (C=O) groups excluding carboxylic acids is 1. The minimum absolute atomic E-state index is 0.0419. The first-order valence-electron chi connectivity index (χ1n) is 4.68. The Balaban J connectivity index is 2.21. The number of nitrogens with zero attached hydrogens (tertiary/aromatic N) is 3. The highest BCUT2D eigenvalue weighted by Crippen LogP contribution is 2.23. The first kappa shape index (κ1) is 10.3. The molecule has 80 valence electrons. The smallest absolute Gasteiger partial charge is 0.228 e. The maximum absolute atomic E-state index is 11.6. The molecule has 0 aliphatic carbocycles. The number of amides is 1. The van der Waals surface area contributed by atoms with Crippen molar-refractivity contribution >= 4 is 23.3 Å². The zero-order valence-corrected chi connectivity index (χ0v) is 8.81. The predicted octanol–water partition coefficient (Wildman–Crippen LogP) is 0.442. The van der Waals surface area contributed by atoms with Crippen LogP contribution >= 0.6 is 11.6 Å². The summed E-state index contributed by atoms with van der Waals surface area (Å²) in [7, 11) is 0. The number of hydrogen-bond acceptors (Lipinski definition) is 4. The van der Waals surface area contributed by atoms with E-state index in [0.29, 0.717) is 30.5 Å². The molecule has 6 heteroatoms. The largest absolute Gasteiger partial charge is 0.330 e. The van der Waals surface area contributed by atoms with E-state index in [4.69, 9.17) is 17.3 Å². The van der Waals surface area contributed by atoms with E-state index in [9.17, 15) is 4.79 Å². The number of halogens is 1. The van der Waals surface area contributed by atoms with Crippen molar-refractivity contribution in [3.8, 4) is 0 Å². The van der Waals surface area contributed by atoms with Crippen LogP contribution in [0.3, 0.4) is 0 Å². The van der Waals surface area contributed by atoms with E-state index in [2.05, 4.69) is 9.97 Å². The third-order valence-electron chi connectivity index (χ3n) is 2.43. The maximum atomic E-state index is 11.6. The SMILES string of the molecule is NCC1CC(=O)N(c2cc(Cl)ncn2)C1. The summed E-state index contributed by atoms with van der Waals surface area (Å²) >= 11 is 5.73. The van der Waals surface area contributed by atoms with Gasteiger partial charge in [0, 0.05) is 19.0 Å². The molecule has 1 amide bonds. The van der Waals surface area contributed by atoms with Crippen molar-refractivity contribution in [2.45, 2.75) is 6.42 Å². The zero-order valence-electron chi connectivity index (χ0n) is 8.06. The normalized spacial score (nSPS) is 21.1. The highest BCUT2D eigenvalue weighted by Gasteiger charge is 2.30. The fourth-order valence-corrected chi connectivity index (χ4v) is 1.77. The molecule has 1 atom stereocenters. The highest BCUT2D eigenvalue weighted by molar-refractivity contribution is 6.29. The molecule has 1 aromatic rings. The van der Waals surface area contributed by atoms with Gasteiger partial charge in [0.1, 0.15) is 17.3 Å². The Kier molecular flexibility index (Phi) is 2.83. The van der Waals surface area contributed by atoms with E-state index >= 15 is 0 Å². The van der Waals surface area contributed by atoms with Gasteiger partial charge in [-0.2, -0.15) is 0 Å². The van der Waals surface area contributed by atoms with Gasteiger partial charge in [-0.05, 0) is 12.5 Å². The number of nitrogens with two attached hydrogens (primary N) is 1. The van der Waals surface area contributed by atoms with E-state index in [-0.39, 0.29) is 11.8 Å². The van der Waals surface area contributed by atoms with Crippen LogP contribution in [0.25, 0.3) is 0 Å². The minimum atomic E-state index is 0.0419. The summed E-state index contributed by atoms with van der Waals surface area (Å²) in [5, 5.41) is 0.337. The second-order valence-electron chi connectivity index (χ2n) is 3.51. The average molecular weight is 227 g/mol. The third kappa shape index (κ3) is 2.08. The van der Waals surface area contributed by atoms with Gasteiger partial charge in [0.2, 0.25) is 5.91 Å². The van der Waals surface area contributed by atoms with Gasteiger partial charge in [-0.1, -0.05) is 11.6 Å². The molecule has 1 unspecified atom stereocenters. The lowest BCUT2D eigenvalue weighted by atomic mass is 10.1. The summed E-state index contributed by atoms with van der Waals surface area (Å²) in [4.78, 5) is 21.0. The van der Waals surface area contributed by atoms with Gasteiger partial charge in [-0.25, -0.2) is 9.97 Å². The first-order valence-corrected chi connectivity index (χ1v) is 5.06. The molecule has 1 aromatic heterocycles. The van der Waals surface area contributed by atoms with Crippen molar-refractivity contribution in [3.63, 3.8) is 0 Å². The lowest BCUT2D eigenvalue weighted by Crippen LogP contribution is -2.26. The van der Waals surface area contributed by atoms with Gasteiger partial charge in [0.15, 0.2) is 0 Å². The molecule has 15 heavy (non-hydrogen) atoms. The highest BCUT2D eigenvalue weighted by atomic mass is 35.5. The van der Waals surface area contributed by atoms with Crippen molar-refractivity contribution in [3.05, 3.63) is 17.5 Å². The van der Waals surface area contributed by atoms with Crippen LogP contribution in [0.1, 0.15) is 6.42 Å². The lowest BCUT2D eigenvalue weighted by molar-refractivity contribution is -0.117. The van der Waals surface area contributed by atoms with E-state index in [0.717, 1.165) is 0 Å². The first-order chi connectivity index (χ1) is 7.20.